The first-order valence-electron chi connectivity index (χ1n) is 5.13. The largest absolute Gasteiger partial charge is 0.479 e. The van der Waals surface area contributed by atoms with Gasteiger partial charge in [-0.2, -0.15) is 0 Å². The van der Waals surface area contributed by atoms with Crippen LogP contribution in [0.25, 0.3) is 0 Å². The van der Waals surface area contributed by atoms with Crippen LogP contribution in [-0.2, 0) is 4.79 Å². The second kappa shape index (κ2) is 4.97. The monoisotopic (exact) mass is 237 g/mol. The maximum atomic E-state index is 11.9. The molecule has 0 unspecified atom stereocenters. The number of aliphatic carboxylic acids is 1. The van der Waals surface area contributed by atoms with E-state index in [4.69, 9.17) is 10.2 Å². The number of nitrogens with one attached hydrogen (secondary N) is 1. The van der Waals surface area contributed by atoms with Gasteiger partial charge in [0, 0.05) is 5.56 Å². The van der Waals surface area contributed by atoms with E-state index in [0.717, 1.165) is 5.56 Å². The lowest BCUT2D eigenvalue weighted by Crippen LogP contribution is -2.55. The van der Waals surface area contributed by atoms with Crippen LogP contribution in [0.3, 0.4) is 0 Å². The molecule has 0 aliphatic carbocycles. The van der Waals surface area contributed by atoms with E-state index in [1.807, 2.05) is 0 Å². The van der Waals surface area contributed by atoms with E-state index >= 15 is 0 Å². The number of hydrogen-bond donors (Lipinski definition) is 3. The zero-order valence-electron chi connectivity index (χ0n) is 9.73. The summed E-state index contributed by atoms with van der Waals surface area (Å²) in [6.07, 6.45) is 0. The normalized spacial score (nSPS) is 13.8. The molecule has 5 heteroatoms. The molecule has 0 fully saturated rings. The van der Waals surface area contributed by atoms with Crippen molar-refractivity contribution in [2.75, 3.05) is 6.61 Å². The molecule has 1 aromatic carbocycles. The highest BCUT2D eigenvalue weighted by molar-refractivity contribution is 5.98. The Bertz CT molecular complexity index is 444. The Hall–Kier alpha value is -1.88. The molecule has 0 saturated heterocycles. The average Bonchev–Trinajstić information content (AvgIpc) is 2.29. The summed E-state index contributed by atoms with van der Waals surface area (Å²) in [5.41, 5.74) is -0.525. The molecule has 0 aliphatic rings. The van der Waals surface area contributed by atoms with Gasteiger partial charge in [-0.3, -0.25) is 4.79 Å². The smallest absolute Gasteiger partial charge is 0.331 e. The van der Waals surface area contributed by atoms with Crippen molar-refractivity contribution >= 4 is 11.9 Å². The third kappa shape index (κ3) is 2.82. The summed E-state index contributed by atoms with van der Waals surface area (Å²) in [7, 11) is 0. The number of carboxylic acids is 1. The minimum Gasteiger partial charge on any atom is -0.479 e. The quantitative estimate of drug-likeness (QED) is 0.714. The third-order valence-electron chi connectivity index (χ3n) is 2.57. The van der Waals surface area contributed by atoms with Gasteiger partial charge in [-0.15, -0.1) is 0 Å². The van der Waals surface area contributed by atoms with Crippen LogP contribution < -0.4 is 5.32 Å². The van der Waals surface area contributed by atoms with E-state index in [2.05, 4.69) is 5.32 Å². The molecule has 3 N–H and O–H groups in total. The highest BCUT2D eigenvalue weighted by Crippen LogP contribution is 2.10. The Morgan fingerprint density at radius 2 is 1.94 bits per heavy atom. The number of rotatable bonds is 4. The van der Waals surface area contributed by atoms with E-state index in [1.165, 1.54) is 6.92 Å². The van der Waals surface area contributed by atoms with Crippen molar-refractivity contribution in [3.8, 4) is 0 Å². The van der Waals surface area contributed by atoms with Crippen LogP contribution in [0.1, 0.15) is 22.8 Å². The van der Waals surface area contributed by atoms with Gasteiger partial charge in [0.1, 0.15) is 0 Å². The molecule has 0 bridgehead atoms. The van der Waals surface area contributed by atoms with Crippen LogP contribution in [0, 0.1) is 6.92 Å². The number of hydrogen-bond acceptors (Lipinski definition) is 3. The number of carboxylic acid groups (broad SMARTS) is 1. The van der Waals surface area contributed by atoms with Crippen molar-refractivity contribution in [1.29, 1.82) is 0 Å². The van der Waals surface area contributed by atoms with Crippen molar-refractivity contribution in [3.05, 3.63) is 35.4 Å². The predicted octanol–water partition coefficient (Wildman–Crippen LogP) is 0.560. The zero-order chi connectivity index (χ0) is 13.1. The van der Waals surface area contributed by atoms with Gasteiger partial charge in [0.2, 0.25) is 0 Å². The van der Waals surface area contributed by atoms with Crippen LogP contribution >= 0.6 is 0 Å². The van der Waals surface area contributed by atoms with Gasteiger partial charge in [0.05, 0.1) is 6.61 Å². The first kappa shape index (κ1) is 13.2. The van der Waals surface area contributed by atoms with Gasteiger partial charge in [-0.25, -0.2) is 4.79 Å². The molecular formula is C12H15NO4. The predicted molar refractivity (Wildman–Crippen MR) is 61.8 cm³/mol. The maximum absolute atomic E-state index is 11.9. The lowest BCUT2D eigenvalue weighted by Gasteiger charge is -2.24. The molecule has 0 aromatic heterocycles. The van der Waals surface area contributed by atoms with Crippen LogP contribution in [-0.4, -0.2) is 34.2 Å². The number of carbonyl (C=O) groups is 2. The highest BCUT2D eigenvalue weighted by atomic mass is 16.4. The highest BCUT2D eigenvalue weighted by Gasteiger charge is 2.34. The summed E-state index contributed by atoms with van der Waals surface area (Å²) in [6, 6.07) is 6.84. The number of amides is 1. The fraction of sp³-hybridized carbons (Fsp3) is 0.333. The van der Waals surface area contributed by atoms with Crippen molar-refractivity contribution in [2.24, 2.45) is 0 Å². The third-order valence-corrected chi connectivity index (χ3v) is 2.57. The van der Waals surface area contributed by atoms with Gasteiger partial charge in [-0.05, 0) is 25.5 Å². The Morgan fingerprint density at radius 3 is 2.41 bits per heavy atom. The molecule has 92 valence electrons. The molecule has 0 aliphatic heterocycles. The van der Waals surface area contributed by atoms with Gasteiger partial charge in [0.25, 0.3) is 5.91 Å². The topological polar surface area (TPSA) is 86.6 Å². The lowest BCUT2D eigenvalue weighted by molar-refractivity contribution is -0.145. The van der Waals surface area contributed by atoms with E-state index in [0.29, 0.717) is 5.56 Å². The van der Waals surface area contributed by atoms with Crippen LogP contribution in [0.15, 0.2) is 24.3 Å². The molecule has 1 aromatic rings. The number of aryl methyl sites for hydroxylation is 1. The van der Waals surface area contributed by atoms with E-state index in [9.17, 15) is 9.59 Å². The molecule has 0 saturated carbocycles. The Balaban J connectivity index is 2.93. The summed E-state index contributed by atoms with van der Waals surface area (Å²) < 4.78 is 0. The Labute approximate surface area is 99.1 Å². The van der Waals surface area contributed by atoms with E-state index < -0.39 is 24.0 Å². The summed E-state index contributed by atoms with van der Waals surface area (Å²) in [4.78, 5) is 22.8. The van der Waals surface area contributed by atoms with Gasteiger partial charge in [-0.1, -0.05) is 18.2 Å². The summed E-state index contributed by atoms with van der Waals surface area (Å²) in [5.74, 6) is -1.79. The second-order valence-corrected chi connectivity index (χ2v) is 4.06. The SMILES string of the molecule is Cc1ccccc1C(=O)N[C@@](C)(CO)C(=O)O. The molecule has 0 radical (unpaired) electrons. The average molecular weight is 237 g/mol. The lowest BCUT2D eigenvalue weighted by atomic mass is 10.0. The first-order chi connectivity index (χ1) is 7.90. The standard InChI is InChI=1S/C12H15NO4/c1-8-5-3-4-6-9(8)10(15)13-12(2,7-14)11(16)17/h3-6,14H,7H2,1-2H3,(H,13,15)(H,16,17)/t12-/m0/s1. The van der Waals surface area contributed by atoms with Crippen molar-refractivity contribution in [2.45, 2.75) is 19.4 Å². The fourth-order valence-electron chi connectivity index (χ4n) is 1.31. The minimum absolute atomic E-state index is 0.397. The Morgan fingerprint density at radius 1 is 1.35 bits per heavy atom. The summed E-state index contributed by atoms with van der Waals surface area (Å²) >= 11 is 0. The number of carbonyl (C=O) groups excluding carboxylic acids is 1. The fourth-order valence-corrected chi connectivity index (χ4v) is 1.31. The van der Waals surface area contributed by atoms with Crippen LogP contribution in [0.4, 0.5) is 0 Å². The second-order valence-electron chi connectivity index (χ2n) is 4.06. The molecule has 1 amide bonds. The van der Waals surface area contributed by atoms with Crippen molar-refractivity contribution in [1.82, 2.24) is 5.32 Å². The minimum atomic E-state index is -1.67. The van der Waals surface area contributed by atoms with Gasteiger partial charge >= 0.3 is 5.97 Å². The number of aliphatic hydroxyl groups is 1. The molecule has 17 heavy (non-hydrogen) atoms. The maximum Gasteiger partial charge on any atom is 0.331 e. The van der Waals surface area contributed by atoms with E-state index in [-0.39, 0.29) is 0 Å². The van der Waals surface area contributed by atoms with Crippen molar-refractivity contribution in [3.63, 3.8) is 0 Å². The van der Waals surface area contributed by atoms with Crippen molar-refractivity contribution < 1.29 is 19.8 Å². The van der Waals surface area contributed by atoms with Crippen LogP contribution in [0.5, 0.6) is 0 Å². The Kier molecular flexibility index (Phi) is 3.85. The molecule has 0 spiro atoms. The number of benzene rings is 1. The van der Waals surface area contributed by atoms with Crippen LogP contribution in [0.2, 0.25) is 0 Å². The summed E-state index contributed by atoms with van der Waals surface area (Å²) in [5, 5.41) is 20.3. The van der Waals surface area contributed by atoms with Gasteiger partial charge < -0.3 is 15.5 Å². The molecular weight excluding hydrogens is 222 g/mol. The molecule has 1 rings (SSSR count). The van der Waals surface area contributed by atoms with Gasteiger partial charge in [0.15, 0.2) is 5.54 Å². The first-order valence-corrected chi connectivity index (χ1v) is 5.13. The van der Waals surface area contributed by atoms with E-state index in [1.54, 1.807) is 31.2 Å². The number of aliphatic hydroxyl groups excluding tert-OH is 1. The zero-order valence-corrected chi connectivity index (χ0v) is 9.73. The molecule has 0 heterocycles. The summed E-state index contributed by atoms with van der Waals surface area (Å²) in [6.45, 7) is 2.34. The molecule has 5 nitrogen and oxygen atoms in total. The molecule has 1 atom stereocenters.